The summed E-state index contributed by atoms with van der Waals surface area (Å²) in [6.45, 7) is 2.94. The molecule has 0 amide bonds. The fourth-order valence-corrected chi connectivity index (χ4v) is 2.42. The van der Waals surface area contributed by atoms with Crippen LogP contribution in [0.2, 0.25) is 0 Å². The zero-order chi connectivity index (χ0) is 18.1. The first-order chi connectivity index (χ1) is 12.1. The largest absolute Gasteiger partial charge is 0.479 e. The number of carbonyl (C=O) groups excluding carboxylic acids is 1. The molecule has 5 nitrogen and oxygen atoms in total. The number of benzene rings is 2. The smallest absolute Gasteiger partial charge is 0.346 e. The molecular weight excluding hydrogens is 318 g/mol. The minimum atomic E-state index is -0.628. The van der Waals surface area contributed by atoms with Crippen molar-refractivity contribution in [2.45, 2.75) is 25.6 Å². The van der Waals surface area contributed by atoms with Gasteiger partial charge in [-0.05, 0) is 43.1 Å². The van der Waals surface area contributed by atoms with Crippen LogP contribution in [0.3, 0.4) is 0 Å². The first kappa shape index (κ1) is 19.0. The maximum atomic E-state index is 11.3. The van der Waals surface area contributed by atoms with Gasteiger partial charge in [0.2, 0.25) is 0 Å². The molecule has 1 unspecified atom stereocenters. The van der Waals surface area contributed by atoms with E-state index < -0.39 is 18.2 Å². The van der Waals surface area contributed by atoms with Crippen molar-refractivity contribution in [3.8, 4) is 5.75 Å². The molecule has 0 radical (unpaired) electrons. The molecule has 0 bridgehead atoms. The van der Waals surface area contributed by atoms with Crippen LogP contribution in [0.1, 0.15) is 24.2 Å². The Hall–Kier alpha value is -2.37. The van der Waals surface area contributed by atoms with Crippen LogP contribution in [0, 0.1) is 0 Å². The molecule has 0 saturated heterocycles. The molecule has 134 valence electrons. The van der Waals surface area contributed by atoms with Gasteiger partial charge in [0, 0.05) is 6.54 Å². The fraction of sp³-hybridized carbons (Fsp3) is 0.350. The van der Waals surface area contributed by atoms with Crippen LogP contribution < -0.4 is 10.1 Å². The number of carbonyl (C=O) groups is 1. The Balaban J connectivity index is 1.72. The van der Waals surface area contributed by atoms with Crippen molar-refractivity contribution in [1.82, 2.24) is 5.32 Å². The molecule has 0 aliphatic carbocycles. The molecule has 0 aliphatic heterocycles. The molecule has 2 rings (SSSR count). The Bertz CT molecular complexity index is 643. The Morgan fingerprint density at radius 3 is 2.44 bits per heavy atom. The van der Waals surface area contributed by atoms with Crippen molar-refractivity contribution < 1.29 is 19.4 Å². The van der Waals surface area contributed by atoms with Crippen molar-refractivity contribution in [3.05, 3.63) is 65.7 Å². The second-order valence-corrected chi connectivity index (χ2v) is 5.81. The SMILES string of the molecule is COC(=O)C(C)Oc1ccc(CCNC[C@@H](O)c2ccccc2)cc1. The van der Waals surface area contributed by atoms with Gasteiger partial charge in [-0.3, -0.25) is 0 Å². The van der Waals surface area contributed by atoms with E-state index in [1.54, 1.807) is 6.92 Å². The number of aliphatic hydroxyl groups excluding tert-OH is 1. The minimum absolute atomic E-state index is 0.398. The molecule has 2 aromatic rings. The molecular formula is C20H25NO4. The number of hydrogen-bond donors (Lipinski definition) is 2. The average Bonchev–Trinajstić information content (AvgIpc) is 2.66. The van der Waals surface area contributed by atoms with Gasteiger partial charge in [0.25, 0.3) is 0 Å². The second kappa shape index (κ2) is 9.81. The van der Waals surface area contributed by atoms with Gasteiger partial charge in [0.1, 0.15) is 5.75 Å². The van der Waals surface area contributed by atoms with Crippen LogP contribution in [0.4, 0.5) is 0 Å². The van der Waals surface area contributed by atoms with Crippen molar-refractivity contribution in [3.63, 3.8) is 0 Å². The zero-order valence-corrected chi connectivity index (χ0v) is 14.6. The highest BCUT2D eigenvalue weighted by molar-refractivity contribution is 5.74. The molecule has 0 saturated carbocycles. The second-order valence-electron chi connectivity index (χ2n) is 5.81. The number of nitrogens with one attached hydrogen (secondary N) is 1. The average molecular weight is 343 g/mol. The lowest BCUT2D eigenvalue weighted by Gasteiger charge is -2.13. The molecule has 0 fully saturated rings. The summed E-state index contributed by atoms with van der Waals surface area (Å²) < 4.78 is 10.1. The summed E-state index contributed by atoms with van der Waals surface area (Å²) in [7, 11) is 1.34. The monoisotopic (exact) mass is 343 g/mol. The highest BCUT2D eigenvalue weighted by atomic mass is 16.6. The molecule has 25 heavy (non-hydrogen) atoms. The van der Waals surface area contributed by atoms with Crippen molar-refractivity contribution >= 4 is 5.97 Å². The van der Waals surface area contributed by atoms with E-state index in [1.165, 1.54) is 7.11 Å². The first-order valence-corrected chi connectivity index (χ1v) is 8.37. The van der Waals surface area contributed by atoms with Crippen LogP contribution in [0.5, 0.6) is 5.75 Å². The molecule has 2 atom stereocenters. The fourth-order valence-electron chi connectivity index (χ4n) is 2.42. The molecule has 0 spiro atoms. The maximum Gasteiger partial charge on any atom is 0.346 e. The predicted molar refractivity (Wildman–Crippen MR) is 96.5 cm³/mol. The zero-order valence-electron chi connectivity index (χ0n) is 14.6. The van der Waals surface area contributed by atoms with Gasteiger partial charge < -0.3 is 19.9 Å². The third-order valence-electron chi connectivity index (χ3n) is 3.88. The Labute approximate surface area is 148 Å². The van der Waals surface area contributed by atoms with E-state index in [4.69, 9.17) is 4.74 Å². The van der Waals surface area contributed by atoms with Gasteiger partial charge >= 0.3 is 5.97 Å². The minimum Gasteiger partial charge on any atom is -0.479 e. The van der Waals surface area contributed by atoms with E-state index in [1.807, 2.05) is 54.6 Å². The third-order valence-corrected chi connectivity index (χ3v) is 3.88. The number of esters is 1. The van der Waals surface area contributed by atoms with Crippen LogP contribution in [0.15, 0.2) is 54.6 Å². The van der Waals surface area contributed by atoms with Gasteiger partial charge in [-0.1, -0.05) is 42.5 Å². The number of methoxy groups -OCH3 is 1. The summed E-state index contributed by atoms with van der Waals surface area (Å²) >= 11 is 0. The van der Waals surface area contributed by atoms with E-state index in [0.29, 0.717) is 12.3 Å². The van der Waals surface area contributed by atoms with E-state index in [9.17, 15) is 9.90 Å². The number of aliphatic hydroxyl groups is 1. The topological polar surface area (TPSA) is 67.8 Å². The van der Waals surface area contributed by atoms with Crippen LogP contribution >= 0.6 is 0 Å². The van der Waals surface area contributed by atoms with Gasteiger partial charge in [0.05, 0.1) is 13.2 Å². The van der Waals surface area contributed by atoms with E-state index >= 15 is 0 Å². The Morgan fingerprint density at radius 1 is 1.12 bits per heavy atom. The van der Waals surface area contributed by atoms with Gasteiger partial charge in [0.15, 0.2) is 6.10 Å². The van der Waals surface area contributed by atoms with Crippen LogP contribution in [-0.2, 0) is 16.0 Å². The lowest BCUT2D eigenvalue weighted by molar-refractivity contribution is -0.147. The summed E-state index contributed by atoms with van der Waals surface area (Å²) in [6, 6.07) is 17.2. The summed E-state index contributed by atoms with van der Waals surface area (Å²) in [5.41, 5.74) is 2.07. The molecule has 0 heterocycles. The summed E-state index contributed by atoms with van der Waals surface area (Å²) in [5.74, 6) is 0.236. The quantitative estimate of drug-likeness (QED) is 0.541. The van der Waals surface area contributed by atoms with Gasteiger partial charge in [-0.2, -0.15) is 0 Å². The van der Waals surface area contributed by atoms with Crippen LogP contribution in [-0.4, -0.2) is 37.4 Å². The maximum absolute atomic E-state index is 11.3. The normalized spacial score (nSPS) is 13.1. The predicted octanol–water partition coefficient (Wildman–Crippen LogP) is 2.49. The molecule has 2 aromatic carbocycles. The molecule has 5 heteroatoms. The molecule has 0 aromatic heterocycles. The van der Waals surface area contributed by atoms with E-state index in [-0.39, 0.29) is 0 Å². The van der Waals surface area contributed by atoms with Crippen molar-refractivity contribution in [1.29, 1.82) is 0 Å². The lowest BCUT2D eigenvalue weighted by atomic mass is 10.1. The number of hydrogen-bond acceptors (Lipinski definition) is 5. The summed E-state index contributed by atoms with van der Waals surface area (Å²) in [5, 5.41) is 13.3. The van der Waals surface area contributed by atoms with Crippen molar-refractivity contribution in [2.75, 3.05) is 20.2 Å². The van der Waals surface area contributed by atoms with Crippen LogP contribution in [0.25, 0.3) is 0 Å². The molecule has 0 aliphatic rings. The lowest BCUT2D eigenvalue weighted by Crippen LogP contribution is -2.25. The number of rotatable bonds is 9. The van der Waals surface area contributed by atoms with E-state index in [2.05, 4.69) is 10.1 Å². The van der Waals surface area contributed by atoms with Crippen molar-refractivity contribution in [2.24, 2.45) is 0 Å². The first-order valence-electron chi connectivity index (χ1n) is 8.37. The Kier molecular flexibility index (Phi) is 7.44. The van der Waals surface area contributed by atoms with E-state index in [0.717, 1.165) is 24.1 Å². The van der Waals surface area contributed by atoms with Gasteiger partial charge in [-0.25, -0.2) is 4.79 Å². The highest BCUT2D eigenvalue weighted by Crippen LogP contribution is 2.15. The highest BCUT2D eigenvalue weighted by Gasteiger charge is 2.14. The Morgan fingerprint density at radius 2 is 1.80 bits per heavy atom. The van der Waals surface area contributed by atoms with Gasteiger partial charge in [-0.15, -0.1) is 0 Å². The number of ether oxygens (including phenoxy) is 2. The standard InChI is InChI=1S/C20H25NO4/c1-15(20(23)24-2)25-18-10-8-16(9-11-18)12-13-21-14-19(22)17-6-4-3-5-7-17/h3-11,15,19,21-22H,12-14H2,1-2H3/t15?,19-/m1/s1. The third kappa shape index (κ3) is 6.21. The summed E-state index contributed by atoms with van der Waals surface area (Å²) in [6.07, 6.45) is -0.289. The molecule has 2 N–H and O–H groups in total. The summed E-state index contributed by atoms with van der Waals surface area (Å²) in [4.78, 5) is 11.3.